The van der Waals surface area contributed by atoms with Gasteiger partial charge < -0.3 is 11.1 Å². The molecule has 0 aliphatic heterocycles. The third-order valence-electron chi connectivity index (χ3n) is 3.50. The summed E-state index contributed by atoms with van der Waals surface area (Å²) in [6.45, 7) is 0.834. The van der Waals surface area contributed by atoms with E-state index in [0.717, 1.165) is 18.5 Å². The molecule has 3 N–H and O–H groups in total. The first-order valence-corrected chi connectivity index (χ1v) is 5.86. The topological polar surface area (TPSA) is 38.0 Å². The van der Waals surface area contributed by atoms with Gasteiger partial charge in [-0.2, -0.15) is 0 Å². The molecule has 76 valence electrons. The van der Waals surface area contributed by atoms with Crippen molar-refractivity contribution >= 4 is 0 Å². The number of nitrogens with one attached hydrogen (secondary N) is 1. The Morgan fingerprint density at radius 2 is 1.77 bits per heavy atom. The average molecular weight is 182 g/mol. The van der Waals surface area contributed by atoms with Gasteiger partial charge in [0.1, 0.15) is 0 Å². The van der Waals surface area contributed by atoms with Crippen LogP contribution < -0.4 is 11.1 Å². The molecule has 0 aromatic rings. The molecule has 2 aliphatic rings. The molecule has 0 bridgehead atoms. The van der Waals surface area contributed by atoms with Crippen molar-refractivity contribution < 1.29 is 0 Å². The minimum atomic E-state index is 0.628. The molecule has 0 heterocycles. The van der Waals surface area contributed by atoms with E-state index in [-0.39, 0.29) is 0 Å². The molecule has 1 atom stereocenters. The quantitative estimate of drug-likeness (QED) is 0.693. The van der Waals surface area contributed by atoms with Crippen LogP contribution in [0.2, 0.25) is 0 Å². The average Bonchev–Trinajstić information content (AvgIpc) is 2.99. The molecule has 0 aromatic heterocycles. The van der Waals surface area contributed by atoms with Crippen LogP contribution in [0.3, 0.4) is 0 Å². The summed E-state index contributed by atoms with van der Waals surface area (Å²) in [5.41, 5.74) is 5.77. The molecule has 2 aliphatic carbocycles. The Morgan fingerprint density at radius 3 is 2.31 bits per heavy atom. The largest absolute Gasteiger partial charge is 0.329 e. The zero-order chi connectivity index (χ0) is 9.10. The minimum Gasteiger partial charge on any atom is -0.329 e. The molecule has 0 aromatic carbocycles. The molecular weight excluding hydrogens is 160 g/mol. The van der Waals surface area contributed by atoms with Crippen molar-refractivity contribution in [3.63, 3.8) is 0 Å². The van der Waals surface area contributed by atoms with E-state index in [4.69, 9.17) is 5.73 Å². The highest BCUT2D eigenvalue weighted by Gasteiger charge is 2.31. The third-order valence-corrected chi connectivity index (χ3v) is 3.50. The maximum absolute atomic E-state index is 5.77. The molecular formula is C11H22N2. The lowest BCUT2D eigenvalue weighted by molar-refractivity contribution is 0.322. The normalized spacial score (nSPS) is 27.5. The molecule has 0 spiro atoms. The summed E-state index contributed by atoms with van der Waals surface area (Å²) in [5.74, 6) is 0.909. The zero-order valence-corrected chi connectivity index (χ0v) is 8.47. The predicted octanol–water partition coefficient (Wildman–Crippen LogP) is 1.65. The van der Waals surface area contributed by atoms with Crippen LogP contribution in [-0.2, 0) is 0 Å². The molecule has 2 saturated carbocycles. The van der Waals surface area contributed by atoms with Gasteiger partial charge in [0.15, 0.2) is 0 Å². The summed E-state index contributed by atoms with van der Waals surface area (Å²) in [6.07, 6.45) is 9.84. The van der Waals surface area contributed by atoms with Crippen LogP contribution in [0, 0.1) is 5.92 Å². The van der Waals surface area contributed by atoms with Gasteiger partial charge in [0.2, 0.25) is 0 Å². The van der Waals surface area contributed by atoms with E-state index >= 15 is 0 Å². The van der Waals surface area contributed by atoms with Crippen molar-refractivity contribution in [2.45, 2.75) is 57.0 Å². The van der Waals surface area contributed by atoms with E-state index < -0.39 is 0 Å². The SMILES string of the molecule is NCC(NC1CCCCC1)C1CC1. The van der Waals surface area contributed by atoms with Crippen molar-refractivity contribution in [1.29, 1.82) is 0 Å². The smallest absolute Gasteiger partial charge is 0.0221 e. The second kappa shape index (κ2) is 4.43. The Balaban J connectivity index is 1.73. The number of nitrogens with two attached hydrogens (primary N) is 1. The Hall–Kier alpha value is -0.0800. The standard InChI is InChI=1S/C11H22N2/c12-8-11(9-6-7-9)13-10-4-2-1-3-5-10/h9-11,13H,1-8,12H2. The number of rotatable bonds is 4. The monoisotopic (exact) mass is 182 g/mol. The van der Waals surface area contributed by atoms with Crippen molar-refractivity contribution in [1.82, 2.24) is 5.32 Å². The van der Waals surface area contributed by atoms with Crippen molar-refractivity contribution in [2.24, 2.45) is 11.7 Å². The zero-order valence-electron chi connectivity index (χ0n) is 8.47. The molecule has 2 nitrogen and oxygen atoms in total. The summed E-state index contributed by atoms with van der Waals surface area (Å²) in [5, 5.41) is 3.74. The van der Waals surface area contributed by atoms with E-state index in [1.54, 1.807) is 0 Å². The summed E-state index contributed by atoms with van der Waals surface area (Å²) in [6, 6.07) is 1.41. The highest BCUT2D eigenvalue weighted by molar-refractivity contribution is 4.89. The molecule has 13 heavy (non-hydrogen) atoms. The maximum atomic E-state index is 5.77. The predicted molar refractivity (Wildman–Crippen MR) is 55.6 cm³/mol. The van der Waals surface area contributed by atoms with E-state index in [1.165, 1.54) is 44.9 Å². The van der Waals surface area contributed by atoms with Crippen LogP contribution in [0.25, 0.3) is 0 Å². The number of hydrogen-bond donors (Lipinski definition) is 2. The molecule has 2 heteroatoms. The Bertz CT molecular complexity index is 148. The fourth-order valence-corrected chi connectivity index (χ4v) is 2.47. The van der Waals surface area contributed by atoms with Gasteiger partial charge in [-0.05, 0) is 31.6 Å². The van der Waals surface area contributed by atoms with Crippen LogP contribution in [0.1, 0.15) is 44.9 Å². The number of hydrogen-bond acceptors (Lipinski definition) is 2. The van der Waals surface area contributed by atoms with Gasteiger partial charge >= 0.3 is 0 Å². The highest BCUT2D eigenvalue weighted by atomic mass is 15.0. The molecule has 1 unspecified atom stereocenters. The first-order chi connectivity index (χ1) is 6.40. The van der Waals surface area contributed by atoms with Gasteiger partial charge in [-0.25, -0.2) is 0 Å². The van der Waals surface area contributed by atoms with E-state index in [1.807, 2.05) is 0 Å². The molecule has 2 rings (SSSR count). The first-order valence-electron chi connectivity index (χ1n) is 5.86. The van der Waals surface area contributed by atoms with Gasteiger partial charge in [-0.1, -0.05) is 19.3 Å². The molecule has 0 amide bonds. The third kappa shape index (κ3) is 2.68. The molecule has 2 fully saturated rings. The molecule has 0 radical (unpaired) electrons. The highest BCUT2D eigenvalue weighted by Crippen LogP contribution is 2.33. The van der Waals surface area contributed by atoms with E-state index in [9.17, 15) is 0 Å². The van der Waals surface area contributed by atoms with Crippen LogP contribution in [0.15, 0.2) is 0 Å². The van der Waals surface area contributed by atoms with Gasteiger partial charge in [0.25, 0.3) is 0 Å². The second-order valence-electron chi connectivity index (χ2n) is 4.68. The summed E-state index contributed by atoms with van der Waals surface area (Å²) >= 11 is 0. The van der Waals surface area contributed by atoms with Crippen molar-refractivity contribution in [3.05, 3.63) is 0 Å². The Morgan fingerprint density at radius 1 is 1.08 bits per heavy atom. The summed E-state index contributed by atoms with van der Waals surface area (Å²) in [7, 11) is 0. The summed E-state index contributed by atoms with van der Waals surface area (Å²) < 4.78 is 0. The van der Waals surface area contributed by atoms with Crippen LogP contribution in [0.5, 0.6) is 0 Å². The lowest BCUT2D eigenvalue weighted by Gasteiger charge is -2.27. The van der Waals surface area contributed by atoms with Crippen LogP contribution in [0.4, 0.5) is 0 Å². The van der Waals surface area contributed by atoms with Crippen molar-refractivity contribution in [2.75, 3.05) is 6.54 Å². The Kier molecular flexibility index (Phi) is 3.23. The van der Waals surface area contributed by atoms with Gasteiger partial charge in [-0.3, -0.25) is 0 Å². The van der Waals surface area contributed by atoms with E-state index in [2.05, 4.69) is 5.32 Å². The lowest BCUT2D eigenvalue weighted by atomic mass is 9.94. The van der Waals surface area contributed by atoms with E-state index in [0.29, 0.717) is 6.04 Å². The van der Waals surface area contributed by atoms with Gasteiger partial charge in [0.05, 0.1) is 0 Å². The second-order valence-corrected chi connectivity index (χ2v) is 4.68. The maximum Gasteiger partial charge on any atom is 0.0221 e. The fourth-order valence-electron chi connectivity index (χ4n) is 2.47. The first kappa shape index (κ1) is 9.47. The van der Waals surface area contributed by atoms with Crippen LogP contribution >= 0.6 is 0 Å². The van der Waals surface area contributed by atoms with Crippen molar-refractivity contribution in [3.8, 4) is 0 Å². The Labute approximate surface area is 81.3 Å². The lowest BCUT2D eigenvalue weighted by Crippen LogP contribution is -2.44. The minimum absolute atomic E-state index is 0.628. The van der Waals surface area contributed by atoms with Crippen LogP contribution in [-0.4, -0.2) is 18.6 Å². The molecule has 0 saturated heterocycles. The van der Waals surface area contributed by atoms with Gasteiger partial charge in [0, 0.05) is 18.6 Å². The fraction of sp³-hybridized carbons (Fsp3) is 1.00. The van der Waals surface area contributed by atoms with Gasteiger partial charge in [-0.15, -0.1) is 0 Å². The summed E-state index contributed by atoms with van der Waals surface area (Å²) in [4.78, 5) is 0.